The first-order valence-electron chi connectivity index (χ1n) is 8.14. The van der Waals surface area contributed by atoms with Crippen LogP contribution in [0.5, 0.6) is 0 Å². The molecule has 0 aliphatic carbocycles. The standard InChI is InChI=1S/C19H18N2O3/c22-18-16-7-4-10-20(16)15-9-8-14(19(23)24)11-17(15)21(18)12-13-5-2-1-3-6-13/h1-3,5-6,8-9,11,16H,4,7,10,12H2,(H,23,24). The second kappa shape index (κ2) is 5.67. The van der Waals surface area contributed by atoms with Crippen molar-refractivity contribution >= 4 is 23.3 Å². The molecule has 0 spiro atoms. The van der Waals surface area contributed by atoms with Gasteiger partial charge in [0.05, 0.1) is 23.5 Å². The zero-order valence-corrected chi connectivity index (χ0v) is 13.2. The number of fused-ring (bicyclic) bond motifs is 3. The van der Waals surface area contributed by atoms with Crippen LogP contribution in [0.3, 0.4) is 0 Å². The number of amides is 1. The number of carbonyl (C=O) groups is 2. The monoisotopic (exact) mass is 322 g/mol. The molecule has 2 aliphatic rings. The highest BCUT2D eigenvalue weighted by atomic mass is 16.4. The topological polar surface area (TPSA) is 60.9 Å². The minimum Gasteiger partial charge on any atom is -0.478 e. The maximum Gasteiger partial charge on any atom is 0.335 e. The predicted molar refractivity (Wildman–Crippen MR) is 91.4 cm³/mol. The molecule has 1 N–H and O–H groups in total. The predicted octanol–water partition coefficient (Wildman–Crippen LogP) is 2.90. The number of aromatic carboxylic acids is 1. The third-order valence-corrected chi connectivity index (χ3v) is 4.81. The summed E-state index contributed by atoms with van der Waals surface area (Å²) in [5.41, 5.74) is 2.89. The average molecular weight is 322 g/mol. The number of carboxylic acids is 1. The van der Waals surface area contributed by atoms with Crippen molar-refractivity contribution in [2.24, 2.45) is 0 Å². The number of carbonyl (C=O) groups excluding carboxylic acids is 1. The average Bonchev–Trinajstić information content (AvgIpc) is 3.09. The first kappa shape index (κ1) is 14.8. The molecule has 122 valence electrons. The van der Waals surface area contributed by atoms with E-state index in [1.54, 1.807) is 17.0 Å². The van der Waals surface area contributed by atoms with Gasteiger partial charge >= 0.3 is 5.97 Å². The van der Waals surface area contributed by atoms with Gasteiger partial charge in [-0.1, -0.05) is 30.3 Å². The minimum atomic E-state index is -0.978. The Balaban J connectivity index is 1.80. The zero-order chi connectivity index (χ0) is 16.7. The molecule has 4 rings (SSSR count). The molecule has 2 heterocycles. The lowest BCUT2D eigenvalue weighted by molar-refractivity contribution is -0.120. The molecular weight excluding hydrogens is 304 g/mol. The summed E-state index contributed by atoms with van der Waals surface area (Å²) in [6.07, 6.45) is 1.83. The molecule has 5 heteroatoms. The van der Waals surface area contributed by atoms with Crippen molar-refractivity contribution in [2.75, 3.05) is 16.3 Å². The first-order chi connectivity index (χ1) is 11.6. The van der Waals surface area contributed by atoms with Gasteiger partial charge in [-0.15, -0.1) is 0 Å². The van der Waals surface area contributed by atoms with Crippen molar-refractivity contribution in [3.63, 3.8) is 0 Å². The van der Waals surface area contributed by atoms with Crippen molar-refractivity contribution in [1.82, 2.24) is 0 Å². The summed E-state index contributed by atoms with van der Waals surface area (Å²) in [5.74, 6) is -0.917. The maximum atomic E-state index is 13.0. The maximum absolute atomic E-state index is 13.0. The molecule has 1 unspecified atom stereocenters. The molecule has 0 saturated carbocycles. The molecule has 1 atom stereocenters. The van der Waals surface area contributed by atoms with Gasteiger partial charge in [-0.25, -0.2) is 4.79 Å². The quantitative estimate of drug-likeness (QED) is 0.944. The molecule has 2 aromatic carbocycles. The van der Waals surface area contributed by atoms with Gasteiger partial charge in [-0.3, -0.25) is 4.79 Å². The number of anilines is 2. The van der Waals surface area contributed by atoms with E-state index in [0.29, 0.717) is 12.2 Å². The highest BCUT2D eigenvalue weighted by Gasteiger charge is 2.40. The summed E-state index contributed by atoms with van der Waals surface area (Å²) >= 11 is 0. The van der Waals surface area contributed by atoms with E-state index >= 15 is 0 Å². The Morgan fingerprint density at radius 3 is 2.67 bits per heavy atom. The fourth-order valence-corrected chi connectivity index (χ4v) is 3.66. The molecule has 2 aromatic rings. The lowest BCUT2D eigenvalue weighted by Gasteiger charge is -2.39. The van der Waals surface area contributed by atoms with Crippen LogP contribution in [0.15, 0.2) is 48.5 Å². The Morgan fingerprint density at radius 1 is 1.12 bits per heavy atom. The van der Waals surface area contributed by atoms with E-state index in [4.69, 9.17) is 0 Å². The third kappa shape index (κ3) is 2.33. The second-order valence-electron chi connectivity index (χ2n) is 6.27. The zero-order valence-electron chi connectivity index (χ0n) is 13.2. The van der Waals surface area contributed by atoms with Crippen molar-refractivity contribution in [1.29, 1.82) is 0 Å². The fourth-order valence-electron chi connectivity index (χ4n) is 3.66. The number of benzene rings is 2. The lowest BCUT2D eigenvalue weighted by Crippen LogP contribution is -2.50. The Labute approximate surface area is 140 Å². The minimum absolute atomic E-state index is 0.0615. The van der Waals surface area contributed by atoms with Gasteiger partial charge in [0.15, 0.2) is 0 Å². The van der Waals surface area contributed by atoms with Gasteiger partial charge < -0.3 is 14.9 Å². The summed E-state index contributed by atoms with van der Waals surface area (Å²) in [4.78, 5) is 28.2. The largest absolute Gasteiger partial charge is 0.478 e. The molecule has 0 aromatic heterocycles. The number of hydrogen-bond donors (Lipinski definition) is 1. The van der Waals surface area contributed by atoms with Crippen LogP contribution in [0.1, 0.15) is 28.8 Å². The SMILES string of the molecule is O=C(O)c1ccc2c(c1)N(Cc1ccccc1)C(=O)C1CCCN21. The lowest BCUT2D eigenvalue weighted by atomic mass is 10.0. The van der Waals surface area contributed by atoms with E-state index in [1.807, 2.05) is 36.4 Å². The molecule has 0 radical (unpaired) electrons. The van der Waals surface area contributed by atoms with Crippen LogP contribution in [0.2, 0.25) is 0 Å². The van der Waals surface area contributed by atoms with Crippen molar-refractivity contribution < 1.29 is 14.7 Å². The Kier molecular flexibility index (Phi) is 3.49. The molecule has 2 aliphatic heterocycles. The summed E-state index contributed by atoms with van der Waals surface area (Å²) in [5, 5.41) is 9.30. The van der Waals surface area contributed by atoms with Crippen LogP contribution in [0.4, 0.5) is 11.4 Å². The normalized spacial score (nSPS) is 19.2. The number of nitrogens with zero attached hydrogens (tertiary/aromatic N) is 2. The fraction of sp³-hybridized carbons (Fsp3) is 0.263. The van der Waals surface area contributed by atoms with E-state index in [2.05, 4.69) is 4.90 Å². The number of hydrogen-bond acceptors (Lipinski definition) is 3. The van der Waals surface area contributed by atoms with E-state index in [9.17, 15) is 14.7 Å². The van der Waals surface area contributed by atoms with Crippen LogP contribution in [-0.2, 0) is 11.3 Å². The smallest absolute Gasteiger partial charge is 0.335 e. The van der Waals surface area contributed by atoms with E-state index in [0.717, 1.165) is 30.6 Å². The molecular formula is C19H18N2O3. The highest BCUT2D eigenvalue weighted by Crippen LogP contribution is 2.41. The van der Waals surface area contributed by atoms with Gasteiger partial charge in [0, 0.05) is 6.54 Å². The second-order valence-corrected chi connectivity index (χ2v) is 6.27. The van der Waals surface area contributed by atoms with Crippen LogP contribution < -0.4 is 9.80 Å². The summed E-state index contributed by atoms with van der Waals surface area (Å²) in [7, 11) is 0. The molecule has 1 amide bonds. The van der Waals surface area contributed by atoms with Gasteiger partial charge in [0.1, 0.15) is 6.04 Å². The number of carboxylic acid groups (broad SMARTS) is 1. The van der Waals surface area contributed by atoms with Crippen LogP contribution in [-0.4, -0.2) is 29.6 Å². The van der Waals surface area contributed by atoms with Crippen LogP contribution >= 0.6 is 0 Å². The van der Waals surface area contributed by atoms with Gasteiger partial charge in [-0.05, 0) is 36.6 Å². The Morgan fingerprint density at radius 2 is 1.92 bits per heavy atom. The van der Waals surface area contributed by atoms with Crippen molar-refractivity contribution in [3.8, 4) is 0 Å². The first-order valence-corrected chi connectivity index (χ1v) is 8.14. The Bertz CT molecular complexity index is 804. The summed E-state index contributed by atoms with van der Waals surface area (Å²) in [6, 6.07) is 14.7. The van der Waals surface area contributed by atoms with Crippen LogP contribution in [0.25, 0.3) is 0 Å². The molecule has 24 heavy (non-hydrogen) atoms. The Hall–Kier alpha value is -2.82. The van der Waals surface area contributed by atoms with E-state index < -0.39 is 5.97 Å². The van der Waals surface area contributed by atoms with Crippen molar-refractivity contribution in [3.05, 3.63) is 59.7 Å². The highest BCUT2D eigenvalue weighted by molar-refractivity contribution is 6.07. The number of rotatable bonds is 3. The summed E-state index contributed by atoms with van der Waals surface area (Å²) in [6.45, 7) is 1.30. The van der Waals surface area contributed by atoms with Crippen molar-refractivity contribution in [2.45, 2.75) is 25.4 Å². The molecule has 1 fully saturated rings. The van der Waals surface area contributed by atoms with Gasteiger partial charge in [0.25, 0.3) is 0 Å². The van der Waals surface area contributed by atoms with Gasteiger partial charge in [-0.2, -0.15) is 0 Å². The summed E-state index contributed by atoms with van der Waals surface area (Å²) < 4.78 is 0. The molecule has 1 saturated heterocycles. The molecule has 5 nitrogen and oxygen atoms in total. The van der Waals surface area contributed by atoms with Crippen LogP contribution in [0, 0.1) is 0 Å². The molecule has 0 bridgehead atoms. The van der Waals surface area contributed by atoms with E-state index in [-0.39, 0.29) is 17.5 Å². The van der Waals surface area contributed by atoms with E-state index in [1.165, 1.54) is 0 Å². The van der Waals surface area contributed by atoms with Gasteiger partial charge in [0.2, 0.25) is 5.91 Å². The third-order valence-electron chi connectivity index (χ3n) is 4.81.